The summed E-state index contributed by atoms with van der Waals surface area (Å²) in [7, 11) is 2.16. The Morgan fingerprint density at radius 2 is 1.88 bits per heavy atom. The van der Waals surface area contributed by atoms with Crippen LogP contribution in [0.4, 0.5) is 11.5 Å². The SMILES string of the molecule is CN1CCN(C(C)(C)c2ccc(NC(=O)C3=NC(C#N)CN3)c(N3CCCCC3)n2)CC1. The van der Waals surface area contributed by atoms with Crippen LogP contribution in [0, 0.1) is 11.3 Å². The second-order valence-corrected chi connectivity index (χ2v) is 9.42. The average molecular weight is 439 g/mol. The number of amides is 1. The first kappa shape index (κ1) is 22.5. The highest BCUT2D eigenvalue weighted by Gasteiger charge is 2.33. The molecule has 1 amide bonds. The second kappa shape index (κ2) is 9.43. The number of carbonyl (C=O) groups excluding carboxylic acids is 1. The van der Waals surface area contributed by atoms with Crippen molar-refractivity contribution >= 4 is 23.2 Å². The minimum Gasteiger partial charge on any atom is -0.362 e. The lowest BCUT2D eigenvalue weighted by atomic mass is 9.96. The Morgan fingerprint density at radius 3 is 2.53 bits per heavy atom. The number of anilines is 2. The Bertz CT molecular complexity index is 907. The lowest BCUT2D eigenvalue weighted by molar-refractivity contribution is -0.110. The third-order valence-electron chi connectivity index (χ3n) is 6.81. The van der Waals surface area contributed by atoms with Crippen LogP contribution in [0.3, 0.4) is 0 Å². The van der Waals surface area contributed by atoms with E-state index < -0.39 is 6.04 Å². The van der Waals surface area contributed by atoms with Crippen molar-refractivity contribution in [3.8, 4) is 6.07 Å². The fourth-order valence-electron chi connectivity index (χ4n) is 4.60. The Labute approximate surface area is 190 Å². The zero-order valence-corrected chi connectivity index (χ0v) is 19.4. The van der Waals surface area contributed by atoms with Crippen molar-refractivity contribution in [2.75, 3.05) is 63.1 Å². The summed E-state index contributed by atoms with van der Waals surface area (Å²) in [6.07, 6.45) is 3.47. The molecule has 0 saturated carbocycles. The summed E-state index contributed by atoms with van der Waals surface area (Å²) >= 11 is 0. The minimum atomic E-state index is -0.512. The number of nitrogens with zero attached hydrogens (tertiary/aromatic N) is 6. The highest BCUT2D eigenvalue weighted by atomic mass is 16.2. The molecule has 9 heteroatoms. The maximum atomic E-state index is 12.8. The number of likely N-dealkylation sites (N-methyl/N-ethyl adjacent to an activating group) is 1. The van der Waals surface area contributed by atoms with Gasteiger partial charge in [-0.2, -0.15) is 5.26 Å². The molecule has 3 aliphatic heterocycles. The molecule has 0 aliphatic carbocycles. The monoisotopic (exact) mass is 438 g/mol. The molecule has 4 rings (SSSR count). The first-order valence-corrected chi connectivity index (χ1v) is 11.6. The first-order chi connectivity index (χ1) is 15.4. The molecule has 1 unspecified atom stereocenters. The van der Waals surface area contributed by atoms with Gasteiger partial charge < -0.3 is 20.4 Å². The molecular weight excluding hydrogens is 404 g/mol. The summed E-state index contributed by atoms with van der Waals surface area (Å²) in [5.41, 5.74) is 1.51. The fraction of sp³-hybridized carbons (Fsp3) is 0.652. The van der Waals surface area contributed by atoms with E-state index in [9.17, 15) is 4.79 Å². The van der Waals surface area contributed by atoms with Gasteiger partial charge in [0.2, 0.25) is 0 Å². The van der Waals surface area contributed by atoms with Gasteiger partial charge in [0.1, 0.15) is 0 Å². The van der Waals surface area contributed by atoms with Gasteiger partial charge in [-0.1, -0.05) is 0 Å². The van der Waals surface area contributed by atoms with Crippen LogP contribution in [0.1, 0.15) is 38.8 Å². The average Bonchev–Trinajstić information content (AvgIpc) is 3.30. The Hall–Kier alpha value is -2.70. The molecule has 2 fully saturated rings. The summed E-state index contributed by atoms with van der Waals surface area (Å²) in [6.45, 7) is 10.8. The third kappa shape index (κ3) is 4.71. The molecule has 0 spiro atoms. The van der Waals surface area contributed by atoms with E-state index in [1.165, 1.54) is 6.42 Å². The molecular formula is C23H34N8O. The van der Waals surface area contributed by atoms with Crippen molar-refractivity contribution < 1.29 is 4.79 Å². The Morgan fingerprint density at radius 1 is 1.16 bits per heavy atom. The predicted molar refractivity (Wildman–Crippen MR) is 126 cm³/mol. The molecule has 9 nitrogen and oxygen atoms in total. The largest absolute Gasteiger partial charge is 0.362 e. The molecule has 1 aromatic heterocycles. The van der Waals surface area contributed by atoms with Crippen LogP contribution in [0.2, 0.25) is 0 Å². The van der Waals surface area contributed by atoms with Gasteiger partial charge >= 0.3 is 0 Å². The van der Waals surface area contributed by atoms with E-state index in [1.54, 1.807) is 0 Å². The van der Waals surface area contributed by atoms with Crippen molar-refractivity contribution in [2.45, 2.75) is 44.7 Å². The molecule has 32 heavy (non-hydrogen) atoms. The van der Waals surface area contributed by atoms with Gasteiger partial charge in [0.25, 0.3) is 5.91 Å². The van der Waals surface area contributed by atoms with Crippen LogP contribution >= 0.6 is 0 Å². The molecule has 4 heterocycles. The van der Waals surface area contributed by atoms with Crippen molar-refractivity contribution in [3.63, 3.8) is 0 Å². The minimum absolute atomic E-state index is 0.203. The number of pyridine rings is 1. The molecule has 1 aromatic rings. The van der Waals surface area contributed by atoms with Crippen LogP contribution in [-0.2, 0) is 10.3 Å². The number of nitrogens with one attached hydrogen (secondary N) is 2. The van der Waals surface area contributed by atoms with Crippen LogP contribution in [0.5, 0.6) is 0 Å². The molecule has 2 saturated heterocycles. The molecule has 0 aromatic carbocycles. The van der Waals surface area contributed by atoms with E-state index in [2.05, 4.69) is 57.3 Å². The van der Waals surface area contributed by atoms with E-state index in [4.69, 9.17) is 10.2 Å². The van der Waals surface area contributed by atoms with Gasteiger partial charge in [-0.3, -0.25) is 9.69 Å². The van der Waals surface area contributed by atoms with Crippen LogP contribution in [0.25, 0.3) is 0 Å². The number of piperazine rings is 1. The summed E-state index contributed by atoms with van der Waals surface area (Å²) in [6, 6.07) is 5.57. The fourth-order valence-corrected chi connectivity index (χ4v) is 4.60. The van der Waals surface area contributed by atoms with Crippen molar-refractivity contribution in [2.24, 2.45) is 4.99 Å². The molecule has 3 aliphatic rings. The van der Waals surface area contributed by atoms with Gasteiger partial charge in [0.05, 0.1) is 29.5 Å². The number of nitriles is 1. The third-order valence-corrected chi connectivity index (χ3v) is 6.81. The van der Waals surface area contributed by atoms with Crippen molar-refractivity contribution in [3.05, 3.63) is 17.8 Å². The molecule has 0 radical (unpaired) electrons. The van der Waals surface area contributed by atoms with Gasteiger partial charge in [-0.25, -0.2) is 9.98 Å². The number of amidine groups is 1. The summed E-state index contributed by atoms with van der Waals surface area (Å²) in [4.78, 5) is 29.2. The summed E-state index contributed by atoms with van der Waals surface area (Å²) in [5, 5.41) is 15.0. The number of aromatic nitrogens is 1. The van der Waals surface area contributed by atoms with E-state index in [-0.39, 0.29) is 17.3 Å². The van der Waals surface area contributed by atoms with E-state index >= 15 is 0 Å². The Balaban J connectivity index is 1.61. The second-order valence-electron chi connectivity index (χ2n) is 9.42. The van der Waals surface area contributed by atoms with E-state index in [1.807, 2.05) is 12.1 Å². The molecule has 0 bridgehead atoms. The topological polar surface area (TPSA) is 99.9 Å². The highest BCUT2D eigenvalue weighted by molar-refractivity contribution is 6.42. The van der Waals surface area contributed by atoms with E-state index in [0.29, 0.717) is 12.2 Å². The van der Waals surface area contributed by atoms with Crippen molar-refractivity contribution in [1.82, 2.24) is 20.1 Å². The smallest absolute Gasteiger partial charge is 0.290 e. The number of piperidine rings is 1. The zero-order valence-electron chi connectivity index (χ0n) is 19.4. The number of hydrogen-bond donors (Lipinski definition) is 2. The standard InChI is InChI=1S/C23H34N8O/c1-23(2,31-13-11-29(3)12-14-31)19-8-7-18(21(28-19)30-9-5-4-6-10-30)27-22(32)20-25-16-17(15-24)26-20/h7-8,17H,4-6,9-14,16H2,1-3H3,(H,25,26)(H,27,32). The zero-order chi connectivity index (χ0) is 22.7. The molecule has 1 atom stereocenters. The quantitative estimate of drug-likeness (QED) is 0.716. The van der Waals surface area contributed by atoms with Gasteiger partial charge in [-0.05, 0) is 52.3 Å². The first-order valence-electron chi connectivity index (χ1n) is 11.6. The van der Waals surface area contributed by atoms with Crippen molar-refractivity contribution in [1.29, 1.82) is 5.26 Å². The lowest BCUT2D eigenvalue weighted by Gasteiger charge is -2.43. The maximum Gasteiger partial charge on any atom is 0.290 e. The van der Waals surface area contributed by atoms with Gasteiger partial charge in [-0.15, -0.1) is 0 Å². The van der Waals surface area contributed by atoms with Gasteiger partial charge in [0, 0.05) is 39.3 Å². The lowest BCUT2D eigenvalue weighted by Crippen LogP contribution is -2.52. The molecule has 172 valence electrons. The Kier molecular flexibility index (Phi) is 6.63. The summed E-state index contributed by atoms with van der Waals surface area (Å²) < 4.78 is 0. The number of rotatable bonds is 5. The summed E-state index contributed by atoms with van der Waals surface area (Å²) in [5.74, 6) is 0.713. The highest BCUT2D eigenvalue weighted by Crippen LogP contribution is 2.33. The van der Waals surface area contributed by atoms with Crippen LogP contribution in [0.15, 0.2) is 17.1 Å². The normalized spacial score (nSPS) is 22.8. The van der Waals surface area contributed by atoms with Gasteiger partial charge in [0.15, 0.2) is 17.7 Å². The van der Waals surface area contributed by atoms with E-state index in [0.717, 1.165) is 63.6 Å². The van der Waals surface area contributed by atoms with Crippen LogP contribution in [-0.4, -0.2) is 85.4 Å². The molecule has 2 N–H and O–H groups in total. The predicted octanol–water partition coefficient (Wildman–Crippen LogP) is 1.39. The number of aliphatic imine (C=N–C) groups is 1. The number of carbonyl (C=O) groups is 1. The number of hydrogen-bond acceptors (Lipinski definition) is 8. The van der Waals surface area contributed by atoms with Crippen LogP contribution < -0.4 is 15.5 Å². The maximum absolute atomic E-state index is 12.8.